The number of methoxy groups -OCH3 is 1. The first-order chi connectivity index (χ1) is 17.7. The summed E-state index contributed by atoms with van der Waals surface area (Å²) in [4.78, 5) is 16.0. The van der Waals surface area contributed by atoms with Gasteiger partial charge in [-0.05, 0) is 67.6 Å². The van der Waals surface area contributed by atoms with Crippen molar-refractivity contribution in [3.8, 4) is 5.75 Å². The molecule has 1 saturated carbocycles. The summed E-state index contributed by atoms with van der Waals surface area (Å²) in [6.07, 6.45) is 2.54. The third-order valence-corrected chi connectivity index (χ3v) is 9.49. The molecule has 5 rings (SSSR count). The number of hydrogen-bond acceptors (Lipinski definition) is 5. The monoisotopic (exact) mass is 531 g/mol. The predicted octanol–water partition coefficient (Wildman–Crippen LogP) is 5.83. The van der Waals surface area contributed by atoms with E-state index in [4.69, 9.17) is 13.9 Å². The van der Waals surface area contributed by atoms with Gasteiger partial charge >= 0.3 is 0 Å². The van der Waals surface area contributed by atoms with E-state index in [-0.39, 0.29) is 44.2 Å². The highest BCUT2D eigenvalue weighted by Gasteiger charge is 2.43. The summed E-state index contributed by atoms with van der Waals surface area (Å²) in [6.45, 7) is 0.581. The highest BCUT2D eigenvalue weighted by Crippen LogP contribution is 2.37. The summed E-state index contributed by atoms with van der Waals surface area (Å²) in [5.74, 6) is -2.40. The molecule has 2 aromatic carbocycles. The second-order valence-corrected chi connectivity index (χ2v) is 11.8. The molecule has 10 heteroatoms. The molecule has 1 N–H and O–H groups in total. The molecule has 37 heavy (non-hydrogen) atoms. The van der Waals surface area contributed by atoms with E-state index in [1.165, 1.54) is 11.4 Å². The molecule has 7 nitrogen and oxygen atoms in total. The van der Waals surface area contributed by atoms with Gasteiger partial charge in [-0.1, -0.05) is 12.1 Å². The maximum Gasteiger partial charge on any atom is 0.248 e. The number of ether oxygens (including phenoxy) is 1. The van der Waals surface area contributed by atoms with Crippen molar-refractivity contribution in [2.24, 2.45) is 0 Å². The Morgan fingerprint density at radius 1 is 1.16 bits per heavy atom. The van der Waals surface area contributed by atoms with E-state index >= 15 is 0 Å². The van der Waals surface area contributed by atoms with Crippen LogP contribution < -0.4 is 4.74 Å². The molecule has 2 heterocycles. The van der Waals surface area contributed by atoms with E-state index in [0.29, 0.717) is 35.6 Å². The smallest absolute Gasteiger partial charge is 0.248 e. The summed E-state index contributed by atoms with van der Waals surface area (Å²) < 4.78 is 62.6. The Kier molecular flexibility index (Phi) is 6.97. The molecule has 2 aliphatic rings. The zero-order valence-corrected chi connectivity index (χ0v) is 21.5. The molecule has 3 aromatic rings. The van der Waals surface area contributed by atoms with Gasteiger partial charge in [-0.3, -0.25) is 4.79 Å². The van der Waals surface area contributed by atoms with Gasteiger partial charge in [0.05, 0.1) is 18.3 Å². The molecular weight excluding hydrogens is 500 g/mol. The van der Waals surface area contributed by atoms with Gasteiger partial charge in [0.2, 0.25) is 11.8 Å². The number of alkyl halides is 2. The van der Waals surface area contributed by atoms with E-state index in [2.05, 4.69) is 0 Å². The molecule has 0 unspecified atom stereocenters. The van der Waals surface area contributed by atoms with Crippen LogP contribution in [0.5, 0.6) is 5.75 Å². The second-order valence-electron chi connectivity index (χ2n) is 9.85. The van der Waals surface area contributed by atoms with E-state index < -0.39 is 21.9 Å². The molecule has 1 aliphatic carbocycles. The first kappa shape index (κ1) is 25.7. The average Bonchev–Trinajstić information content (AvgIpc) is 3.57. The molecule has 0 spiro atoms. The van der Waals surface area contributed by atoms with E-state index in [1.54, 1.807) is 35.4 Å². The number of hydrogen-bond donors (Lipinski definition) is 1. The van der Waals surface area contributed by atoms with Crippen LogP contribution in [-0.2, 0) is 21.3 Å². The van der Waals surface area contributed by atoms with Crippen LogP contribution in [0, 0.1) is 4.78 Å². The molecular formula is C27H31F2N3O4S. The molecule has 1 aliphatic heterocycles. The van der Waals surface area contributed by atoms with Crippen LogP contribution in [0.2, 0.25) is 0 Å². The van der Waals surface area contributed by atoms with Crippen molar-refractivity contribution >= 4 is 26.8 Å². The Morgan fingerprint density at radius 2 is 1.89 bits per heavy atom. The zero-order valence-electron chi connectivity index (χ0n) is 20.7. The van der Waals surface area contributed by atoms with E-state index in [9.17, 15) is 17.8 Å². The van der Waals surface area contributed by atoms with Gasteiger partial charge in [-0.15, -0.1) is 0 Å². The quantitative estimate of drug-likeness (QED) is 0.415. The maximum absolute atomic E-state index is 14.1. The van der Waals surface area contributed by atoms with Crippen LogP contribution in [0.25, 0.3) is 11.0 Å². The zero-order chi connectivity index (χ0) is 26.2. The van der Waals surface area contributed by atoms with Gasteiger partial charge in [-0.2, -0.15) is 0 Å². The lowest BCUT2D eigenvalue weighted by Gasteiger charge is -2.39. The van der Waals surface area contributed by atoms with Gasteiger partial charge < -0.3 is 14.1 Å². The van der Waals surface area contributed by atoms with Crippen LogP contribution in [0.15, 0.2) is 64.1 Å². The molecule has 2 atom stereocenters. The Bertz CT molecular complexity index is 1360. The number of nitrogens with zero attached hydrogens (tertiary/aromatic N) is 2. The van der Waals surface area contributed by atoms with E-state index in [0.717, 1.165) is 10.9 Å². The van der Waals surface area contributed by atoms with Crippen molar-refractivity contribution in [2.45, 2.75) is 68.0 Å². The fourth-order valence-corrected chi connectivity index (χ4v) is 7.12. The Balaban J connectivity index is 1.43. The molecule has 1 saturated heterocycles. The number of rotatable bonds is 7. The van der Waals surface area contributed by atoms with Gasteiger partial charge in [0.25, 0.3) is 0 Å². The van der Waals surface area contributed by atoms with Crippen molar-refractivity contribution in [1.82, 2.24) is 9.21 Å². The van der Waals surface area contributed by atoms with Crippen molar-refractivity contribution in [2.75, 3.05) is 13.7 Å². The van der Waals surface area contributed by atoms with E-state index in [1.807, 2.05) is 24.3 Å². The molecule has 0 bridgehead atoms. The van der Waals surface area contributed by atoms with Crippen LogP contribution in [0.4, 0.5) is 8.78 Å². The normalized spacial score (nSPS) is 22.1. The molecule has 1 aromatic heterocycles. The summed E-state index contributed by atoms with van der Waals surface area (Å²) in [5, 5.41) is 0.939. The minimum atomic E-state index is -3.44. The third-order valence-electron chi connectivity index (χ3n) is 7.48. The van der Waals surface area contributed by atoms with Crippen LogP contribution in [0.3, 0.4) is 0 Å². The lowest BCUT2D eigenvalue weighted by molar-refractivity contribution is -0.141. The molecule has 0 radical (unpaired) electrons. The highest BCUT2D eigenvalue weighted by molar-refractivity contribution is 7.90. The van der Waals surface area contributed by atoms with Crippen LogP contribution in [0.1, 0.15) is 44.1 Å². The Hall–Kier alpha value is -2.98. The Morgan fingerprint density at radius 3 is 2.59 bits per heavy atom. The van der Waals surface area contributed by atoms with Crippen molar-refractivity contribution in [1.29, 1.82) is 4.78 Å². The number of nitrogens with one attached hydrogen (secondary N) is 1. The summed E-state index contributed by atoms with van der Waals surface area (Å²) in [5.41, 5.74) is 1.52. The first-order valence-corrected chi connectivity index (χ1v) is 14.0. The minimum absolute atomic E-state index is 0.198. The van der Waals surface area contributed by atoms with Crippen molar-refractivity contribution in [3.05, 3.63) is 60.4 Å². The average molecular weight is 532 g/mol. The third kappa shape index (κ3) is 5.22. The highest BCUT2D eigenvalue weighted by atomic mass is 32.2. The lowest BCUT2D eigenvalue weighted by Crippen LogP contribution is -2.51. The number of carbonyl (C=O) groups is 1. The van der Waals surface area contributed by atoms with Crippen LogP contribution in [-0.4, -0.2) is 51.0 Å². The topological polar surface area (TPSA) is 86.8 Å². The number of halogens is 2. The van der Waals surface area contributed by atoms with Gasteiger partial charge in [0.15, 0.2) is 0 Å². The Labute approximate surface area is 215 Å². The summed E-state index contributed by atoms with van der Waals surface area (Å²) in [7, 11) is -1.91. The van der Waals surface area contributed by atoms with Crippen molar-refractivity contribution in [3.63, 3.8) is 0 Å². The predicted molar refractivity (Wildman–Crippen MR) is 136 cm³/mol. The first-order valence-electron chi connectivity index (χ1n) is 12.5. The fourth-order valence-electron chi connectivity index (χ4n) is 5.40. The number of benzene rings is 2. The standard InChI is InChI=1S/C27H31F2N3O4S/c1-35-22-6-8-23(9-7-22)37(30,34)32-15-2-3-24(32)26(33)31(21-10-13-27(28,29)14-11-21)18-19-4-5-20-12-16-36-25(20)17-19/h4-9,12,16-17,21,24,30H,2-3,10-11,13-15,18H2,1H3/t24-,37+/m0/s1. The summed E-state index contributed by atoms with van der Waals surface area (Å²) >= 11 is 0. The van der Waals surface area contributed by atoms with Gasteiger partial charge in [0, 0.05) is 37.4 Å². The number of fused-ring (bicyclic) bond motifs is 1. The second kappa shape index (κ2) is 10.1. The molecule has 2 fully saturated rings. The summed E-state index contributed by atoms with van der Waals surface area (Å²) in [6, 6.07) is 12.9. The SMILES string of the molecule is COc1ccc([S@](=N)(=O)N2CCC[C@H]2C(=O)N(Cc2ccc3ccoc3c2)C2CCC(F)(F)CC2)cc1. The molecule has 1 amide bonds. The number of carbonyl (C=O) groups excluding carboxylic acids is 1. The number of furan rings is 1. The number of amides is 1. The largest absolute Gasteiger partial charge is 0.497 e. The molecule has 198 valence electrons. The van der Waals surface area contributed by atoms with Gasteiger partial charge in [-0.25, -0.2) is 22.1 Å². The van der Waals surface area contributed by atoms with Gasteiger partial charge in [0.1, 0.15) is 27.3 Å². The maximum atomic E-state index is 14.1. The van der Waals surface area contributed by atoms with Crippen molar-refractivity contribution < 1.29 is 26.9 Å². The lowest BCUT2D eigenvalue weighted by atomic mass is 9.90. The van der Waals surface area contributed by atoms with Crippen LogP contribution >= 0.6 is 0 Å². The minimum Gasteiger partial charge on any atom is -0.497 e. The fraction of sp³-hybridized carbons (Fsp3) is 0.444.